The molecule has 0 spiro atoms. The minimum absolute atomic E-state index is 0.482. The van der Waals surface area contributed by atoms with Crippen molar-refractivity contribution >= 4 is 0 Å². The van der Waals surface area contributed by atoms with E-state index >= 15 is 0 Å². The van der Waals surface area contributed by atoms with Gasteiger partial charge in [-0.3, -0.25) is 0 Å². The fraction of sp³-hybridized carbons (Fsp3) is 0.429. The van der Waals surface area contributed by atoms with Crippen molar-refractivity contribution < 1.29 is 9.47 Å². The summed E-state index contributed by atoms with van der Waals surface area (Å²) in [6, 6.07) is 18.1. The van der Waals surface area contributed by atoms with E-state index in [1.807, 2.05) is 0 Å². The maximum Gasteiger partial charge on any atom is 0.0850 e. The zero-order chi connectivity index (χ0) is 15.5. The van der Waals surface area contributed by atoms with E-state index in [-0.39, 0.29) is 0 Å². The molecule has 0 amide bonds. The first-order chi connectivity index (χ1) is 11.3. The van der Waals surface area contributed by atoms with Crippen LogP contribution in [0.4, 0.5) is 0 Å². The summed E-state index contributed by atoms with van der Waals surface area (Å²) in [7, 11) is 0. The molecule has 2 aliphatic heterocycles. The molecule has 0 saturated carbocycles. The average molecular weight is 308 g/mol. The molecule has 2 aliphatic rings. The second kappa shape index (κ2) is 6.86. The summed E-state index contributed by atoms with van der Waals surface area (Å²) in [5.41, 5.74) is 5.67. The molecule has 0 bridgehead atoms. The molecule has 0 radical (unpaired) electrons. The third-order valence-corrected chi connectivity index (χ3v) is 4.71. The van der Waals surface area contributed by atoms with Gasteiger partial charge in [0.15, 0.2) is 0 Å². The zero-order valence-electron chi connectivity index (χ0n) is 13.5. The number of rotatable bonds is 8. The predicted octanol–water partition coefficient (Wildman–Crippen LogP) is 3.74. The summed E-state index contributed by atoms with van der Waals surface area (Å²) in [4.78, 5) is 0. The maximum atomic E-state index is 5.28. The molecule has 2 nitrogen and oxygen atoms in total. The number of ether oxygens (including phenoxy) is 2. The molecule has 0 aliphatic carbocycles. The van der Waals surface area contributed by atoms with Gasteiger partial charge in [-0.1, -0.05) is 48.5 Å². The van der Waals surface area contributed by atoms with E-state index in [2.05, 4.69) is 48.5 Å². The highest BCUT2D eigenvalue weighted by Crippen LogP contribution is 2.18. The van der Waals surface area contributed by atoms with Crippen LogP contribution in [0.1, 0.15) is 28.7 Å². The first kappa shape index (κ1) is 14.9. The summed E-state index contributed by atoms with van der Waals surface area (Å²) >= 11 is 0. The van der Waals surface area contributed by atoms with Crippen LogP contribution in [-0.2, 0) is 35.2 Å². The summed E-state index contributed by atoms with van der Waals surface area (Å²) in [6.07, 6.45) is 6.61. The van der Waals surface area contributed by atoms with Crippen LogP contribution in [0.2, 0.25) is 0 Å². The summed E-state index contributed by atoms with van der Waals surface area (Å²) in [5.74, 6) is 0. The highest BCUT2D eigenvalue weighted by Gasteiger charge is 2.22. The van der Waals surface area contributed by atoms with Crippen molar-refractivity contribution in [2.75, 3.05) is 13.2 Å². The van der Waals surface area contributed by atoms with Crippen LogP contribution in [0.3, 0.4) is 0 Å². The van der Waals surface area contributed by atoms with Crippen molar-refractivity contribution in [3.05, 3.63) is 70.8 Å². The molecular weight excluding hydrogens is 284 g/mol. The lowest BCUT2D eigenvalue weighted by Crippen LogP contribution is -1.95. The zero-order valence-corrected chi connectivity index (χ0v) is 13.5. The van der Waals surface area contributed by atoms with Gasteiger partial charge in [-0.2, -0.15) is 0 Å². The van der Waals surface area contributed by atoms with Crippen molar-refractivity contribution in [3.63, 3.8) is 0 Å². The van der Waals surface area contributed by atoms with Crippen molar-refractivity contribution in [2.45, 2.75) is 44.3 Å². The van der Waals surface area contributed by atoms with Gasteiger partial charge in [0.1, 0.15) is 0 Å². The predicted molar refractivity (Wildman–Crippen MR) is 91.8 cm³/mol. The fourth-order valence-electron chi connectivity index (χ4n) is 3.08. The normalized spacial score (nSPS) is 22.1. The minimum atomic E-state index is 0.482. The second-order valence-corrected chi connectivity index (χ2v) is 6.81. The number of aryl methyl sites for hydroxylation is 2. The molecule has 2 heterocycles. The van der Waals surface area contributed by atoms with Gasteiger partial charge in [0.25, 0.3) is 0 Å². The van der Waals surface area contributed by atoms with Gasteiger partial charge < -0.3 is 9.47 Å². The molecule has 2 atom stereocenters. The Morgan fingerprint density at radius 2 is 0.957 bits per heavy atom. The Balaban J connectivity index is 1.22. The van der Waals surface area contributed by atoms with E-state index < -0.39 is 0 Å². The summed E-state index contributed by atoms with van der Waals surface area (Å²) in [6.45, 7) is 1.88. The smallest absolute Gasteiger partial charge is 0.0850 e. The second-order valence-electron chi connectivity index (χ2n) is 6.81. The van der Waals surface area contributed by atoms with Gasteiger partial charge in [-0.05, 0) is 41.5 Å². The molecule has 2 heteroatoms. The molecule has 2 aromatic carbocycles. The highest BCUT2D eigenvalue weighted by atomic mass is 16.6. The van der Waals surface area contributed by atoms with Crippen LogP contribution in [0.15, 0.2) is 48.5 Å². The van der Waals surface area contributed by atoms with E-state index in [1.54, 1.807) is 0 Å². The van der Waals surface area contributed by atoms with Gasteiger partial charge in [-0.25, -0.2) is 0 Å². The van der Waals surface area contributed by atoms with Crippen molar-refractivity contribution in [1.82, 2.24) is 0 Å². The third-order valence-electron chi connectivity index (χ3n) is 4.71. The molecule has 0 N–H and O–H groups in total. The first-order valence-electron chi connectivity index (χ1n) is 8.74. The van der Waals surface area contributed by atoms with Gasteiger partial charge in [0, 0.05) is 12.8 Å². The number of hydrogen-bond acceptors (Lipinski definition) is 2. The molecule has 0 aromatic heterocycles. The molecule has 2 fully saturated rings. The topological polar surface area (TPSA) is 25.1 Å². The van der Waals surface area contributed by atoms with Gasteiger partial charge in [0.05, 0.1) is 25.4 Å². The number of hydrogen-bond donors (Lipinski definition) is 0. The molecule has 4 rings (SSSR count). The molecule has 23 heavy (non-hydrogen) atoms. The Morgan fingerprint density at radius 3 is 1.30 bits per heavy atom. The summed E-state index contributed by atoms with van der Waals surface area (Å²) < 4.78 is 10.6. The van der Waals surface area contributed by atoms with Crippen molar-refractivity contribution in [2.24, 2.45) is 0 Å². The van der Waals surface area contributed by atoms with E-state index in [0.29, 0.717) is 12.2 Å². The molecular formula is C21H24O2. The van der Waals surface area contributed by atoms with Crippen LogP contribution in [0.5, 0.6) is 0 Å². The standard InChI is InChI=1S/C21H24O2/c1(2-16-4-8-18(9-5-16)12-20-14-22-20)3-17-6-10-19(11-7-17)13-21-15-23-21/h4-11,20-21H,1-3,12-15H2. The minimum Gasteiger partial charge on any atom is -0.373 e. The van der Waals surface area contributed by atoms with Gasteiger partial charge in [-0.15, -0.1) is 0 Å². The Morgan fingerprint density at radius 1 is 0.609 bits per heavy atom. The van der Waals surface area contributed by atoms with E-state index in [9.17, 15) is 0 Å². The van der Waals surface area contributed by atoms with E-state index in [4.69, 9.17) is 9.47 Å². The van der Waals surface area contributed by atoms with Gasteiger partial charge >= 0.3 is 0 Å². The van der Waals surface area contributed by atoms with Gasteiger partial charge in [0.2, 0.25) is 0 Å². The monoisotopic (exact) mass is 308 g/mol. The maximum absolute atomic E-state index is 5.28. The average Bonchev–Trinajstić information content (AvgIpc) is 3.47. The largest absolute Gasteiger partial charge is 0.373 e. The Kier molecular flexibility index (Phi) is 4.45. The van der Waals surface area contributed by atoms with Crippen LogP contribution in [0, 0.1) is 0 Å². The van der Waals surface area contributed by atoms with E-state index in [1.165, 1.54) is 28.7 Å². The lowest BCUT2D eigenvalue weighted by atomic mass is 10.0. The highest BCUT2D eigenvalue weighted by molar-refractivity contribution is 5.25. The SMILES string of the molecule is c1cc(CC2CO2)ccc1CCCc1ccc(CC2CO2)cc1. The lowest BCUT2D eigenvalue weighted by Gasteiger charge is -2.05. The first-order valence-corrected chi connectivity index (χ1v) is 8.74. The van der Waals surface area contributed by atoms with Crippen molar-refractivity contribution in [3.8, 4) is 0 Å². The van der Waals surface area contributed by atoms with Crippen LogP contribution >= 0.6 is 0 Å². The number of epoxide rings is 2. The molecule has 120 valence electrons. The lowest BCUT2D eigenvalue weighted by molar-refractivity contribution is 0.407. The Bertz CT molecular complexity index is 564. The summed E-state index contributed by atoms with van der Waals surface area (Å²) in [5, 5.41) is 0. The van der Waals surface area contributed by atoms with Crippen LogP contribution in [0.25, 0.3) is 0 Å². The number of benzene rings is 2. The van der Waals surface area contributed by atoms with E-state index in [0.717, 1.165) is 38.9 Å². The van der Waals surface area contributed by atoms with Crippen LogP contribution < -0.4 is 0 Å². The molecule has 2 unspecified atom stereocenters. The quantitative estimate of drug-likeness (QED) is 0.694. The Hall–Kier alpha value is -1.64. The van der Waals surface area contributed by atoms with Crippen molar-refractivity contribution in [1.29, 1.82) is 0 Å². The fourth-order valence-corrected chi connectivity index (χ4v) is 3.08. The molecule has 2 aromatic rings. The molecule has 2 saturated heterocycles. The van der Waals surface area contributed by atoms with Crippen LogP contribution in [-0.4, -0.2) is 25.4 Å². The third kappa shape index (κ3) is 4.66. The Labute approximate surface area is 138 Å².